The number of nitrogens with two attached hydrogens (primary N) is 2. The quantitative estimate of drug-likeness (QED) is 0.212. The smallest absolute Gasteiger partial charge is 0.332 e. The fourth-order valence-electron chi connectivity index (χ4n) is 3.46. The highest BCUT2D eigenvalue weighted by Crippen LogP contribution is 2.27. The summed E-state index contributed by atoms with van der Waals surface area (Å²) in [5.74, 6) is -0.0923. The minimum Gasteiger partial charge on any atom is -0.394 e. The van der Waals surface area contributed by atoms with Crippen LogP contribution in [0.15, 0.2) is 63.4 Å². The van der Waals surface area contributed by atoms with Crippen LogP contribution in [0.3, 0.4) is 0 Å². The number of hydrogen-bond acceptors (Lipinski definition) is 11. The van der Waals surface area contributed by atoms with Crippen LogP contribution < -0.4 is 21.7 Å². The molecule has 3 rings (SSSR count). The predicted molar refractivity (Wildman–Crippen MR) is 162 cm³/mol. The Hall–Kier alpha value is -3.60. The van der Waals surface area contributed by atoms with Gasteiger partial charge in [0.2, 0.25) is 17.8 Å². The van der Waals surface area contributed by atoms with Crippen LogP contribution in [0.5, 0.6) is 0 Å². The van der Waals surface area contributed by atoms with Crippen LogP contribution in [0, 0.1) is 0 Å². The number of aliphatic hydroxyl groups excluding tert-OH is 1. The van der Waals surface area contributed by atoms with E-state index in [1.807, 2.05) is 38.1 Å². The lowest BCUT2D eigenvalue weighted by molar-refractivity contribution is -0.116. The number of aryl methyl sites for hydroxylation is 1. The van der Waals surface area contributed by atoms with E-state index in [1.165, 1.54) is 19.1 Å². The van der Waals surface area contributed by atoms with Crippen molar-refractivity contribution < 1.29 is 35.2 Å². The van der Waals surface area contributed by atoms with Gasteiger partial charge in [-0.15, -0.1) is 3.89 Å². The largest absolute Gasteiger partial charge is 0.394 e. The predicted octanol–water partition coefficient (Wildman–Crippen LogP) is 2.77. The van der Waals surface area contributed by atoms with Crippen LogP contribution in [0.1, 0.15) is 53.0 Å². The summed E-state index contributed by atoms with van der Waals surface area (Å²) in [6, 6.07) is 12.8. The molecule has 1 amide bonds. The Balaban J connectivity index is 0.000000760. The van der Waals surface area contributed by atoms with Gasteiger partial charge in [-0.25, -0.2) is 4.99 Å². The van der Waals surface area contributed by atoms with Crippen molar-refractivity contribution in [2.45, 2.75) is 70.5 Å². The second kappa shape index (κ2) is 15.6. The zero-order valence-electron chi connectivity index (χ0n) is 24.2. The molecule has 16 heteroatoms. The Morgan fingerprint density at radius 1 is 1.10 bits per heavy atom. The Labute approximate surface area is 246 Å². The maximum absolute atomic E-state index is 13.1. The summed E-state index contributed by atoms with van der Waals surface area (Å²) in [5.41, 5.74) is 13.1. The molecule has 0 aliphatic carbocycles. The van der Waals surface area contributed by atoms with Crippen molar-refractivity contribution in [1.82, 2.24) is 0 Å². The van der Waals surface area contributed by atoms with Crippen LogP contribution in [0.2, 0.25) is 0 Å². The molecular formula is C26H39FN6O7S2. The fraction of sp³-hybridized carbons (Fsp3) is 0.423. The van der Waals surface area contributed by atoms with E-state index in [1.54, 1.807) is 18.7 Å². The van der Waals surface area contributed by atoms with Gasteiger partial charge in [-0.2, -0.15) is 21.8 Å². The van der Waals surface area contributed by atoms with Gasteiger partial charge in [-0.05, 0) is 83.4 Å². The average Bonchev–Trinajstić information content (AvgIpc) is 2.83. The number of amides is 1. The average molecular weight is 631 g/mol. The molecule has 1 heterocycles. The number of hydrogen-bond donors (Lipinski definition) is 5. The third kappa shape index (κ3) is 13.4. The zero-order chi connectivity index (χ0) is 32.3. The Morgan fingerprint density at radius 3 is 2.12 bits per heavy atom. The van der Waals surface area contributed by atoms with Crippen LogP contribution in [0.25, 0.3) is 0 Å². The first-order valence-electron chi connectivity index (χ1n) is 12.8. The Morgan fingerprint density at radius 2 is 1.64 bits per heavy atom. The molecule has 0 saturated carbocycles. The number of anilines is 2. The number of rotatable bonds is 8. The van der Waals surface area contributed by atoms with Crippen molar-refractivity contribution in [3.05, 3.63) is 54.1 Å². The van der Waals surface area contributed by atoms with E-state index in [0.29, 0.717) is 12.8 Å². The second-order valence-corrected chi connectivity index (χ2v) is 12.9. The van der Waals surface area contributed by atoms with E-state index >= 15 is 0 Å². The van der Waals surface area contributed by atoms with Gasteiger partial charge >= 0.3 is 10.2 Å². The maximum Gasteiger partial charge on any atom is 0.332 e. The lowest BCUT2D eigenvalue weighted by Gasteiger charge is -2.38. The number of carbonyl (C=O) groups excluding carboxylic acids is 1. The summed E-state index contributed by atoms with van der Waals surface area (Å²) in [6.45, 7) is 8.58. The number of benzene rings is 2. The summed E-state index contributed by atoms with van der Waals surface area (Å²) in [6.07, 6.45) is 1.29. The van der Waals surface area contributed by atoms with Crippen LogP contribution >= 0.6 is 0 Å². The molecule has 0 aromatic heterocycles. The molecule has 0 fully saturated rings. The van der Waals surface area contributed by atoms with Gasteiger partial charge in [0.1, 0.15) is 10.6 Å². The number of carbonyl (C=O) groups is 1. The highest BCUT2D eigenvalue weighted by Gasteiger charge is 2.32. The summed E-state index contributed by atoms with van der Waals surface area (Å²) >= 11 is 0. The molecule has 2 aromatic carbocycles. The normalized spacial score (nSPS) is 14.5. The fourth-order valence-corrected chi connectivity index (χ4v) is 3.97. The molecule has 0 unspecified atom stereocenters. The number of nitrogens with zero attached hydrogens (tertiary/aromatic N) is 3. The molecule has 1 aliphatic heterocycles. The van der Waals surface area contributed by atoms with Crippen LogP contribution in [-0.2, 0) is 31.6 Å². The van der Waals surface area contributed by atoms with E-state index in [2.05, 4.69) is 15.3 Å². The monoisotopic (exact) mass is 630 g/mol. The summed E-state index contributed by atoms with van der Waals surface area (Å²) in [7, 11) is -8.48. The minimum absolute atomic E-state index is 0.136. The molecule has 0 saturated heterocycles. The first-order valence-corrected chi connectivity index (χ1v) is 15.8. The van der Waals surface area contributed by atoms with Crippen molar-refractivity contribution in [3.63, 3.8) is 0 Å². The molecule has 2 aromatic rings. The van der Waals surface area contributed by atoms with E-state index in [0.717, 1.165) is 23.4 Å². The maximum atomic E-state index is 13.1. The van der Waals surface area contributed by atoms with E-state index in [4.69, 9.17) is 21.1 Å². The van der Waals surface area contributed by atoms with Gasteiger partial charge in [0.25, 0.3) is 10.1 Å². The van der Waals surface area contributed by atoms with Crippen molar-refractivity contribution in [2.75, 3.05) is 16.0 Å². The van der Waals surface area contributed by atoms with Gasteiger partial charge in [0.15, 0.2) is 0 Å². The van der Waals surface area contributed by atoms with Crippen LogP contribution in [0.4, 0.5) is 15.3 Å². The van der Waals surface area contributed by atoms with Gasteiger partial charge in [0.05, 0.1) is 5.75 Å². The highest BCUT2D eigenvalue weighted by atomic mass is 32.3. The minimum atomic E-state index is -4.82. The van der Waals surface area contributed by atoms with Crippen LogP contribution in [-0.4, -0.2) is 61.8 Å². The Kier molecular flexibility index (Phi) is 13.5. The summed E-state index contributed by atoms with van der Waals surface area (Å²) in [4.78, 5) is 21.8. The van der Waals surface area contributed by atoms with E-state index < -0.39 is 30.9 Å². The zero-order valence-corrected chi connectivity index (χ0v) is 25.8. The Bertz CT molecular complexity index is 1470. The second-order valence-electron chi connectivity index (χ2n) is 9.77. The molecule has 0 radical (unpaired) electrons. The number of aliphatic hydroxyl groups is 1. The van der Waals surface area contributed by atoms with Crippen molar-refractivity contribution in [2.24, 2.45) is 21.5 Å². The van der Waals surface area contributed by atoms with Crippen molar-refractivity contribution >= 4 is 49.5 Å². The molecule has 0 spiro atoms. The molecular weight excluding hydrogens is 591 g/mol. The molecule has 7 N–H and O–H groups in total. The molecule has 1 aliphatic rings. The molecule has 0 bridgehead atoms. The first kappa shape index (κ1) is 36.4. The molecule has 0 atom stereocenters. The van der Waals surface area contributed by atoms with Crippen molar-refractivity contribution in [1.29, 1.82) is 0 Å². The van der Waals surface area contributed by atoms with Gasteiger partial charge in [-0.3, -0.25) is 14.2 Å². The van der Waals surface area contributed by atoms with E-state index in [9.17, 15) is 25.5 Å². The molecule has 42 heavy (non-hydrogen) atoms. The third-order valence-electron chi connectivity index (χ3n) is 5.22. The lowest BCUT2D eigenvalue weighted by Crippen LogP contribution is -2.54. The van der Waals surface area contributed by atoms with Gasteiger partial charge in [-0.1, -0.05) is 18.2 Å². The SMILES string of the molecule is CC(C)O.CC1(C)N=C(N)N=C(N)N1c1ccc(CCCC(=O)Nc2cccc(S(=O)(=O)F)c2)cc1.CCS(=O)(=O)O. The lowest BCUT2D eigenvalue weighted by atomic mass is 10.1. The summed E-state index contributed by atoms with van der Waals surface area (Å²) < 4.78 is 62.0. The topological polar surface area (TPSA) is 218 Å². The standard InChI is InChI=1S/C21H25FN6O3S.C3H8O.C2H6O3S/c1-21(2)27-19(23)26-20(24)28(21)16-11-9-14(10-12-16)5-3-8-18(29)25-15-6-4-7-17(13-15)32(22,30)31;1-3(2)4;1-2-6(3,4)5/h4,6-7,9-13H,3,5,8H2,1-2H3,(H,25,29)(H4,23,24,26,27);3-4H,1-2H3;2H2,1H3,(H,3,4,5). The van der Waals surface area contributed by atoms with Gasteiger partial charge < -0.3 is 21.9 Å². The van der Waals surface area contributed by atoms with Gasteiger partial charge in [0, 0.05) is 23.9 Å². The number of halogens is 1. The highest BCUT2D eigenvalue weighted by molar-refractivity contribution is 7.86. The number of aliphatic imine (C=N–C) groups is 2. The number of nitrogens with one attached hydrogen (secondary N) is 1. The summed E-state index contributed by atoms with van der Waals surface area (Å²) in [5, 5.41) is 10.6. The molecule has 234 valence electrons. The molecule has 13 nitrogen and oxygen atoms in total. The third-order valence-corrected chi connectivity index (χ3v) is 6.77. The number of guanidine groups is 2. The van der Waals surface area contributed by atoms with Crippen molar-refractivity contribution in [3.8, 4) is 0 Å². The first-order chi connectivity index (χ1) is 19.2. The van der Waals surface area contributed by atoms with E-state index in [-0.39, 0.29) is 41.8 Å².